The Balaban J connectivity index is 1.64. The number of benzene rings is 2. The molecule has 0 amide bonds. The number of hydrogen-bond acceptors (Lipinski definition) is 6. The second-order valence-corrected chi connectivity index (χ2v) is 11.3. The molecular weight excluding hydrogens is 426 g/mol. The van der Waals surface area contributed by atoms with E-state index in [0.717, 1.165) is 24.0 Å². The zero-order chi connectivity index (χ0) is 21.7. The van der Waals surface area contributed by atoms with Gasteiger partial charge in [-0.1, -0.05) is 13.0 Å². The summed E-state index contributed by atoms with van der Waals surface area (Å²) in [6.07, 6.45) is 1.95. The van der Waals surface area contributed by atoms with Crippen LogP contribution in [0.15, 0.2) is 46.2 Å². The van der Waals surface area contributed by atoms with Crippen molar-refractivity contribution in [1.29, 1.82) is 0 Å². The normalized spacial score (nSPS) is 19.8. The molecule has 1 unspecified atom stereocenters. The van der Waals surface area contributed by atoms with Crippen LogP contribution in [0.2, 0.25) is 0 Å². The molecule has 30 heavy (non-hydrogen) atoms. The van der Waals surface area contributed by atoms with E-state index in [4.69, 9.17) is 4.18 Å². The van der Waals surface area contributed by atoms with Gasteiger partial charge in [0.25, 0.3) is 0 Å². The van der Waals surface area contributed by atoms with Gasteiger partial charge in [0.05, 0.1) is 10.5 Å². The highest BCUT2D eigenvalue weighted by Crippen LogP contribution is 2.41. The van der Waals surface area contributed by atoms with Gasteiger partial charge in [-0.25, -0.2) is 8.42 Å². The Labute approximate surface area is 176 Å². The maximum absolute atomic E-state index is 12.8. The lowest BCUT2D eigenvalue weighted by atomic mass is 9.98. The third-order valence-electron chi connectivity index (χ3n) is 5.70. The Hall–Kier alpha value is -2.23. The zero-order valence-electron chi connectivity index (χ0n) is 16.8. The SMILES string of the molecule is Cc1ccc(OS(=O)(=O)c2ccc(S(=O)(=O)N3CCCC3)cc2)c2c1C(C)CC2=O. The van der Waals surface area contributed by atoms with Gasteiger partial charge in [0.2, 0.25) is 10.0 Å². The number of hydrogen-bond donors (Lipinski definition) is 0. The summed E-state index contributed by atoms with van der Waals surface area (Å²) < 4.78 is 57.6. The minimum Gasteiger partial charge on any atom is -0.378 e. The van der Waals surface area contributed by atoms with Crippen molar-refractivity contribution < 1.29 is 25.8 Å². The van der Waals surface area contributed by atoms with Gasteiger partial charge in [-0.2, -0.15) is 12.7 Å². The third kappa shape index (κ3) is 3.55. The first-order valence-corrected chi connectivity index (χ1v) is 12.7. The van der Waals surface area contributed by atoms with E-state index in [1.54, 1.807) is 6.07 Å². The lowest BCUT2D eigenvalue weighted by Crippen LogP contribution is -2.27. The Morgan fingerprint density at radius 2 is 1.53 bits per heavy atom. The van der Waals surface area contributed by atoms with Gasteiger partial charge >= 0.3 is 10.1 Å². The van der Waals surface area contributed by atoms with Gasteiger partial charge in [0.15, 0.2) is 11.5 Å². The quantitative estimate of drug-likeness (QED) is 0.650. The second kappa shape index (κ2) is 7.47. The Morgan fingerprint density at radius 3 is 2.17 bits per heavy atom. The van der Waals surface area contributed by atoms with E-state index in [1.165, 1.54) is 34.6 Å². The average Bonchev–Trinajstić information content (AvgIpc) is 3.33. The van der Waals surface area contributed by atoms with Crippen LogP contribution in [0.4, 0.5) is 0 Å². The molecule has 1 saturated heterocycles. The molecule has 160 valence electrons. The van der Waals surface area contributed by atoms with E-state index < -0.39 is 20.1 Å². The standard InChI is InChI=1S/C21H23NO6S2/c1-14-5-10-19(21-18(23)13-15(2)20(14)21)28-30(26,27)17-8-6-16(7-9-17)29(24,25)22-11-3-4-12-22/h5-10,15H,3-4,11-13H2,1-2H3. The number of carbonyl (C=O) groups is 1. The van der Waals surface area contributed by atoms with Crippen molar-refractivity contribution in [2.24, 2.45) is 0 Å². The monoisotopic (exact) mass is 449 g/mol. The molecule has 1 atom stereocenters. The van der Waals surface area contributed by atoms with Crippen molar-refractivity contribution in [2.45, 2.75) is 48.8 Å². The van der Waals surface area contributed by atoms with Crippen LogP contribution in [0.3, 0.4) is 0 Å². The molecule has 2 aromatic rings. The van der Waals surface area contributed by atoms with Crippen molar-refractivity contribution in [2.75, 3.05) is 13.1 Å². The maximum atomic E-state index is 12.8. The lowest BCUT2D eigenvalue weighted by molar-refractivity contribution is 0.0989. The third-order valence-corrected chi connectivity index (χ3v) is 8.86. The van der Waals surface area contributed by atoms with Crippen molar-refractivity contribution >= 4 is 25.9 Å². The highest BCUT2D eigenvalue weighted by atomic mass is 32.2. The number of fused-ring (bicyclic) bond motifs is 1. The van der Waals surface area contributed by atoms with Gasteiger partial charge in [0, 0.05) is 19.5 Å². The highest BCUT2D eigenvalue weighted by Gasteiger charge is 2.33. The Bertz CT molecular complexity index is 1210. The number of Topliss-reactive ketones (excluding diaryl/α,β-unsaturated/α-hetero) is 1. The number of rotatable bonds is 5. The first-order valence-electron chi connectivity index (χ1n) is 9.82. The molecule has 2 aliphatic rings. The number of carbonyl (C=O) groups excluding carboxylic acids is 1. The van der Waals surface area contributed by atoms with Crippen molar-refractivity contribution in [3.05, 3.63) is 53.1 Å². The maximum Gasteiger partial charge on any atom is 0.339 e. The predicted octanol–water partition coefficient (Wildman–Crippen LogP) is 3.24. The van der Waals surface area contributed by atoms with Crippen LogP contribution in [-0.4, -0.2) is 40.0 Å². The largest absolute Gasteiger partial charge is 0.378 e. The smallest absolute Gasteiger partial charge is 0.339 e. The van der Waals surface area contributed by atoms with Crippen LogP contribution in [-0.2, 0) is 20.1 Å². The highest BCUT2D eigenvalue weighted by molar-refractivity contribution is 7.89. The first-order chi connectivity index (χ1) is 14.1. The van der Waals surface area contributed by atoms with Crippen molar-refractivity contribution in [1.82, 2.24) is 4.31 Å². The summed E-state index contributed by atoms with van der Waals surface area (Å²) in [6.45, 7) is 4.74. The molecular formula is C21H23NO6S2. The molecule has 1 aliphatic heterocycles. The molecule has 4 rings (SSSR count). The van der Waals surface area contributed by atoms with E-state index in [0.29, 0.717) is 25.1 Å². The summed E-state index contributed by atoms with van der Waals surface area (Å²) in [7, 11) is -7.86. The molecule has 0 aromatic heterocycles. The summed E-state index contributed by atoms with van der Waals surface area (Å²) in [4.78, 5) is 12.3. The molecule has 0 radical (unpaired) electrons. The van der Waals surface area contributed by atoms with Crippen LogP contribution in [0, 0.1) is 6.92 Å². The summed E-state index contributed by atoms with van der Waals surface area (Å²) in [6, 6.07) is 8.22. The fourth-order valence-electron chi connectivity index (χ4n) is 4.20. The van der Waals surface area contributed by atoms with Crippen molar-refractivity contribution in [3.63, 3.8) is 0 Å². The predicted molar refractivity (Wildman–Crippen MR) is 111 cm³/mol. The Morgan fingerprint density at radius 1 is 0.933 bits per heavy atom. The molecule has 7 nitrogen and oxygen atoms in total. The molecule has 2 aromatic carbocycles. The summed E-state index contributed by atoms with van der Waals surface area (Å²) in [5, 5.41) is 0. The van der Waals surface area contributed by atoms with Crippen LogP contribution in [0.1, 0.15) is 53.6 Å². The molecule has 1 fully saturated rings. The molecule has 1 heterocycles. The summed E-state index contributed by atoms with van der Waals surface area (Å²) in [5.74, 6) is -0.119. The van der Waals surface area contributed by atoms with Crippen molar-refractivity contribution in [3.8, 4) is 5.75 Å². The molecule has 0 N–H and O–H groups in total. The average molecular weight is 450 g/mol. The summed E-state index contributed by atoms with van der Waals surface area (Å²) in [5.41, 5.74) is 2.06. The molecule has 9 heteroatoms. The van der Waals surface area contributed by atoms with Gasteiger partial charge in [-0.15, -0.1) is 0 Å². The van der Waals surface area contributed by atoms with E-state index in [1.807, 2.05) is 13.8 Å². The molecule has 0 bridgehead atoms. The zero-order valence-corrected chi connectivity index (χ0v) is 18.4. The second-order valence-electron chi connectivity index (χ2n) is 7.82. The van der Waals surface area contributed by atoms with Crippen LogP contribution in [0.25, 0.3) is 0 Å². The number of nitrogens with zero attached hydrogens (tertiary/aromatic N) is 1. The van der Waals surface area contributed by atoms with E-state index in [9.17, 15) is 21.6 Å². The minimum absolute atomic E-state index is 0.00818. The van der Waals surface area contributed by atoms with Crippen LogP contribution < -0.4 is 4.18 Å². The van der Waals surface area contributed by atoms with E-state index >= 15 is 0 Å². The van der Waals surface area contributed by atoms with Crippen LogP contribution in [0.5, 0.6) is 5.75 Å². The number of sulfonamides is 1. The first kappa shape index (κ1) is 21.0. The topological polar surface area (TPSA) is 97.8 Å². The Kier molecular flexibility index (Phi) is 5.24. The van der Waals surface area contributed by atoms with E-state index in [-0.39, 0.29) is 27.2 Å². The molecule has 0 spiro atoms. The molecule has 0 saturated carbocycles. The number of aryl methyl sites for hydroxylation is 1. The molecule has 1 aliphatic carbocycles. The lowest BCUT2D eigenvalue weighted by Gasteiger charge is -2.16. The van der Waals surface area contributed by atoms with Gasteiger partial charge in [-0.3, -0.25) is 4.79 Å². The number of ketones is 1. The van der Waals surface area contributed by atoms with Gasteiger partial charge in [0.1, 0.15) is 4.90 Å². The van der Waals surface area contributed by atoms with E-state index in [2.05, 4.69) is 0 Å². The fourth-order valence-corrected chi connectivity index (χ4v) is 6.66. The minimum atomic E-state index is -4.23. The van der Waals surface area contributed by atoms with Gasteiger partial charge in [-0.05, 0) is 67.1 Å². The summed E-state index contributed by atoms with van der Waals surface area (Å²) >= 11 is 0. The van der Waals surface area contributed by atoms with Crippen LogP contribution >= 0.6 is 0 Å². The fraction of sp³-hybridized carbons (Fsp3) is 0.381. The van der Waals surface area contributed by atoms with Gasteiger partial charge < -0.3 is 4.18 Å².